The molecule has 0 saturated heterocycles. The fourth-order valence-corrected chi connectivity index (χ4v) is 3.47. The van der Waals surface area contributed by atoms with Crippen molar-refractivity contribution in [2.24, 2.45) is 0 Å². The second-order valence-corrected chi connectivity index (χ2v) is 7.16. The SMILES string of the molecule is CCCN(CCC)CCc1ccc(N(C(C)=O)C(C)=O)c(N(C(C)=O)C(C)=O)c1. The van der Waals surface area contributed by atoms with Crippen LogP contribution in [0.4, 0.5) is 11.4 Å². The maximum absolute atomic E-state index is 12.2. The first-order chi connectivity index (χ1) is 13.6. The van der Waals surface area contributed by atoms with E-state index in [4.69, 9.17) is 0 Å². The van der Waals surface area contributed by atoms with E-state index in [0.717, 1.165) is 54.3 Å². The lowest BCUT2D eigenvalue weighted by Gasteiger charge is -2.27. The first-order valence-electron chi connectivity index (χ1n) is 10.1. The minimum absolute atomic E-state index is 0.234. The van der Waals surface area contributed by atoms with Crippen LogP contribution in [0.2, 0.25) is 0 Å². The quantitative estimate of drug-likeness (QED) is 0.633. The summed E-state index contributed by atoms with van der Waals surface area (Å²) in [5.74, 6) is -1.89. The molecular weight excluding hydrogens is 370 g/mol. The minimum Gasteiger partial charge on any atom is -0.303 e. The highest BCUT2D eigenvalue weighted by molar-refractivity contribution is 6.20. The van der Waals surface area contributed by atoms with Crippen molar-refractivity contribution in [3.8, 4) is 0 Å². The lowest BCUT2D eigenvalue weighted by atomic mass is 10.1. The third-order valence-corrected chi connectivity index (χ3v) is 4.58. The van der Waals surface area contributed by atoms with Crippen molar-refractivity contribution in [1.29, 1.82) is 0 Å². The molecule has 0 spiro atoms. The second kappa shape index (κ2) is 11.5. The van der Waals surface area contributed by atoms with Crippen molar-refractivity contribution < 1.29 is 19.2 Å². The van der Waals surface area contributed by atoms with Crippen molar-refractivity contribution in [1.82, 2.24) is 4.90 Å². The average molecular weight is 404 g/mol. The van der Waals surface area contributed by atoms with Gasteiger partial charge in [0.15, 0.2) is 0 Å². The lowest BCUT2D eigenvalue weighted by Crippen LogP contribution is -2.38. The number of hydrogen-bond donors (Lipinski definition) is 0. The fraction of sp³-hybridized carbons (Fsp3) is 0.545. The number of anilines is 2. The monoisotopic (exact) mass is 403 g/mol. The van der Waals surface area contributed by atoms with Gasteiger partial charge in [-0.2, -0.15) is 0 Å². The summed E-state index contributed by atoms with van der Waals surface area (Å²) in [5.41, 5.74) is 1.42. The molecule has 0 bridgehead atoms. The second-order valence-electron chi connectivity index (χ2n) is 7.16. The van der Waals surface area contributed by atoms with E-state index in [1.54, 1.807) is 12.1 Å². The number of hydrogen-bond acceptors (Lipinski definition) is 5. The number of benzene rings is 1. The van der Waals surface area contributed by atoms with Crippen LogP contribution in [0, 0.1) is 0 Å². The molecule has 4 amide bonds. The van der Waals surface area contributed by atoms with Crippen LogP contribution in [0.25, 0.3) is 0 Å². The summed E-state index contributed by atoms with van der Waals surface area (Å²) < 4.78 is 0. The Bertz CT molecular complexity index is 726. The Morgan fingerprint density at radius 2 is 1.14 bits per heavy atom. The number of imide groups is 2. The lowest BCUT2D eigenvalue weighted by molar-refractivity contribution is -0.126. The summed E-state index contributed by atoms with van der Waals surface area (Å²) in [4.78, 5) is 52.8. The van der Waals surface area contributed by atoms with Crippen molar-refractivity contribution in [2.75, 3.05) is 29.4 Å². The van der Waals surface area contributed by atoms with Gasteiger partial charge in [-0.25, -0.2) is 9.80 Å². The maximum Gasteiger partial charge on any atom is 0.230 e. The van der Waals surface area contributed by atoms with Gasteiger partial charge in [0.1, 0.15) is 0 Å². The van der Waals surface area contributed by atoms with Crippen LogP contribution in [0.15, 0.2) is 18.2 Å². The van der Waals surface area contributed by atoms with E-state index in [0.29, 0.717) is 0 Å². The highest BCUT2D eigenvalue weighted by atomic mass is 16.2. The first-order valence-corrected chi connectivity index (χ1v) is 10.1. The Labute approximate surface area is 173 Å². The third kappa shape index (κ3) is 6.78. The first kappa shape index (κ1) is 24.5. The molecule has 0 N–H and O–H groups in total. The molecule has 0 aromatic heterocycles. The maximum atomic E-state index is 12.2. The molecule has 1 aromatic carbocycles. The number of carbonyl (C=O) groups is 4. The Hall–Kier alpha value is -2.54. The minimum atomic E-state index is -0.476. The van der Waals surface area contributed by atoms with E-state index >= 15 is 0 Å². The van der Waals surface area contributed by atoms with Crippen molar-refractivity contribution >= 4 is 35.0 Å². The molecule has 7 heteroatoms. The van der Waals surface area contributed by atoms with E-state index in [1.807, 2.05) is 6.07 Å². The van der Waals surface area contributed by atoms with Gasteiger partial charge in [0.25, 0.3) is 0 Å². The molecule has 0 heterocycles. The molecule has 160 valence electrons. The molecular formula is C22H33N3O4. The van der Waals surface area contributed by atoms with Crippen LogP contribution >= 0.6 is 0 Å². The summed E-state index contributed by atoms with van der Waals surface area (Å²) in [6, 6.07) is 5.20. The summed E-state index contributed by atoms with van der Waals surface area (Å²) in [7, 11) is 0. The van der Waals surface area contributed by atoms with Crippen LogP contribution in [-0.4, -0.2) is 48.2 Å². The smallest absolute Gasteiger partial charge is 0.230 e. The molecule has 0 atom stereocenters. The van der Waals surface area contributed by atoms with E-state index in [1.165, 1.54) is 27.7 Å². The summed E-state index contributed by atoms with van der Waals surface area (Å²) in [5, 5.41) is 0. The van der Waals surface area contributed by atoms with E-state index in [2.05, 4.69) is 18.7 Å². The highest BCUT2D eigenvalue weighted by Gasteiger charge is 2.26. The molecule has 1 rings (SSSR count). The Morgan fingerprint density at radius 3 is 1.55 bits per heavy atom. The molecule has 1 aromatic rings. The Balaban J connectivity index is 3.39. The standard InChI is InChI=1S/C22H33N3O4/c1-7-12-23(13-8-2)14-11-20-9-10-21(24(16(3)26)17(4)27)22(15-20)25(18(5)28)19(6)29/h9-10,15H,7-8,11-14H2,1-6H3. The number of rotatable bonds is 9. The number of amides is 4. The van der Waals surface area contributed by atoms with Gasteiger partial charge >= 0.3 is 0 Å². The van der Waals surface area contributed by atoms with Crippen LogP contribution in [0.1, 0.15) is 59.9 Å². The van der Waals surface area contributed by atoms with Crippen LogP contribution in [0.3, 0.4) is 0 Å². The van der Waals surface area contributed by atoms with Gasteiger partial charge < -0.3 is 4.90 Å². The third-order valence-electron chi connectivity index (χ3n) is 4.58. The van der Waals surface area contributed by atoms with Crippen molar-refractivity contribution in [3.05, 3.63) is 23.8 Å². The number of carbonyl (C=O) groups excluding carboxylic acids is 4. The summed E-state index contributed by atoms with van der Waals surface area (Å²) >= 11 is 0. The van der Waals surface area contributed by atoms with Crippen LogP contribution in [-0.2, 0) is 25.6 Å². The Kier molecular flexibility index (Phi) is 9.68. The van der Waals surface area contributed by atoms with Crippen LogP contribution in [0.5, 0.6) is 0 Å². The normalized spacial score (nSPS) is 10.7. The zero-order valence-electron chi connectivity index (χ0n) is 18.4. The van der Waals surface area contributed by atoms with Gasteiger partial charge in [0.05, 0.1) is 11.4 Å². The molecule has 0 aliphatic carbocycles. The zero-order chi connectivity index (χ0) is 22.1. The van der Waals surface area contributed by atoms with Gasteiger partial charge in [0, 0.05) is 34.2 Å². The van der Waals surface area contributed by atoms with Gasteiger partial charge in [-0.1, -0.05) is 19.9 Å². The van der Waals surface area contributed by atoms with Crippen LogP contribution < -0.4 is 9.80 Å². The molecule has 0 aliphatic rings. The van der Waals surface area contributed by atoms with Crippen molar-refractivity contribution in [3.63, 3.8) is 0 Å². The summed E-state index contributed by atoms with van der Waals surface area (Å²) in [6.07, 6.45) is 2.87. The molecule has 0 unspecified atom stereocenters. The Morgan fingerprint density at radius 1 is 0.690 bits per heavy atom. The van der Waals surface area contributed by atoms with Gasteiger partial charge in [-0.05, 0) is 50.0 Å². The summed E-state index contributed by atoms with van der Waals surface area (Å²) in [6.45, 7) is 12.3. The fourth-order valence-electron chi connectivity index (χ4n) is 3.47. The molecule has 7 nitrogen and oxygen atoms in total. The molecule has 0 aliphatic heterocycles. The predicted octanol–water partition coefficient (Wildman–Crippen LogP) is 3.15. The van der Waals surface area contributed by atoms with Gasteiger partial charge in [-0.15, -0.1) is 0 Å². The topological polar surface area (TPSA) is 78.0 Å². The van der Waals surface area contributed by atoms with Gasteiger partial charge in [-0.3, -0.25) is 19.2 Å². The number of nitrogens with zero attached hydrogens (tertiary/aromatic N) is 3. The average Bonchev–Trinajstić information content (AvgIpc) is 2.60. The molecule has 0 saturated carbocycles. The van der Waals surface area contributed by atoms with E-state index in [-0.39, 0.29) is 11.4 Å². The van der Waals surface area contributed by atoms with E-state index < -0.39 is 23.6 Å². The highest BCUT2D eigenvalue weighted by Crippen LogP contribution is 2.32. The molecule has 0 fully saturated rings. The van der Waals surface area contributed by atoms with Crippen molar-refractivity contribution in [2.45, 2.75) is 60.8 Å². The predicted molar refractivity (Wildman–Crippen MR) is 115 cm³/mol. The molecule has 0 radical (unpaired) electrons. The van der Waals surface area contributed by atoms with Gasteiger partial charge in [0.2, 0.25) is 23.6 Å². The molecule has 29 heavy (non-hydrogen) atoms. The zero-order valence-corrected chi connectivity index (χ0v) is 18.4. The van der Waals surface area contributed by atoms with E-state index in [9.17, 15) is 19.2 Å². The largest absolute Gasteiger partial charge is 0.303 e.